The van der Waals surface area contributed by atoms with Crippen LogP contribution in [0.2, 0.25) is 0 Å². The number of aromatic nitrogens is 5. The molecule has 0 N–H and O–H groups in total. The fraction of sp³-hybridized carbons (Fsp3) is 0.0784. The van der Waals surface area contributed by atoms with Crippen molar-refractivity contribution < 1.29 is 9.30 Å². The van der Waals surface area contributed by atoms with Gasteiger partial charge in [0, 0.05) is 28.5 Å². The maximum absolute atomic E-state index is 6.70. The van der Waals surface area contributed by atoms with Crippen LogP contribution in [0.15, 0.2) is 170 Å². The summed E-state index contributed by atoms with van der Waals surface area (Å²) in [6, 6.07) is 57.6. The zero-order chi connectivity index (χ0) is 38.3. The van der Waals surface area contributed by atoms with E-state index in [0.717, 1.165) is 72.5 Å². The summed E-state index contributed by atoms with van der Waals surface area (Å²) in [5, 5.41) is 2.25. The molecule has 1 aliphatic heterocycles. The summed E-state index contributed by atoms with van der Waals surface area (Å²) in [4.78, 5) is 9.80. The first kappa shape index (κ1) is 33.1. The Morgan fingerprint density at radius 2 is 1.16 bits per heavy atom. The Morgan fingerprint density at radius 3 is 1.95 bits per heavy atom. The summed E-state index contributed by atoms with van der Waals surface area (Å²) in [7, 11) is 0. The molecule has 57 heavy (non-hydrogen) atoms. The Kier molecular flexibility index (Phi) is 7.32. The monoisotopic (exact) mass is 735 g/mol. The highest BCUT2D eigenvalue weighted by molar-refractivity contribution is 6.09. The molecule has 10 aromatic rings. The number of ether oxygens (including phenoxy) is 1. The van der Waals surface area contributed by atoms with Crippen LogP contribution in [0.4, 0.5) is 0 Å². The quantitative estimate of drug-likeness (QED) is 0.134. The molecule has 272 valence electrons. The molecule has 0 unspecified atom stereocenters. The highest BCUT2D eigenvalue weighted by atomic mass is 16.5. The molecule has 1 aliphatic rings. The number of imidazole rings is 1. The molecule has 0 fully saturated rings. The third-order valence-electron chi connectivity index (χ3n) is 11.1. The van der Waals surface area contributed by atoms with Crippen LogP contribution in [-0.4, -0.2) is 19.1 Å². The molecule has 6 nitrogen and oxygen atoms in total. The molecular formula is C51H37N5O. The summed E-state index contributed by atoms with van der Waals surface area (Å²) < 4.78 is 13.2. The zero-order valence-electron chi connectivity index (χ0n) is 31.8. The lowest BCUT2D eigenvalue weighted by Crippen LogP contribution is -2.30. The highest BCUT2D eigenvalue weighted by Gasteiger charge is 2.24. The number of para-hydroxylation sites is 3. The van der Waals surface area contributed by atoms with Gasteiger partial charge in [-0.15, -0.1) is 0 Å². The largest absolute Gasteiger partial charge is 0.458 e. The lowest BCUT2D eigenvalue weighted by Gasteiger charge is -2.18. The number of hydrogen-bond donors (Lipinski definition) is 0. The van der Waals surface area contributed by atoms with Gasteiger partial charge < -0.3 is 4.74 Å². The van der Waals surface area contributed by atoms with Crippen LogP contribution in [0.3, 0.4) is 0 Å². The average molecular weight is 736 g/mol. The van der Waals surface area contributed by atoms with Gasteiger partial charge in [-0.25, -0.2) is 9.97 Å². The Labute approximate surface area is 330 Å². The smallest absolute Gasteiger partial charge is 0.269 e. The van der Waals surface area contributed by atoms with E-state index in [1.807, 2.05) is 30.5 Å². The number of benzene rings is 7. The molecule has 0 atom stereocenters. The molecule has 0 aliphatic carbocycles. The van der Waals surface area contributed by atoms with Crippen molar-refractivity contribution in [1.29, 1.82) is 0 Å². The van der Waals surface area contributed by atoms with Crippen LogP contribution in [0.5, 0.6) is 11.5 Å². The number of rotatable bonds is 4. The Bertz CT molecular complexity index is 3220. The molecule has 11 rings (SSSR count). The van der Waals surface area contributed by atoms with E-state index in [-0.39, 0.29) is 5.41 Å². The van der Waals surface area contributed by atoms with Gasteiger partial charge >= 0.3 is 0 Å². The van der Waals surface area contributed by atoms with E-state index < -0.39 is 0 Å². The maximum Gasteiger partial charge on any atom is 0.269 e. The van der Waals surface area contributed by atoms with Gasteiger partial charge in [0.2, 0.25) is 5.95 Å². The van der Waals surface area contributed by atoms with Crippen molar-refractivity contribution in [2.75, 3.05) is 0 Å². The van der Waals surface area contributed by atoms with E-state index in [1.165, 1.54) is 22.3 Å². The Morgan fingerprint density at radius 1 is 0.544 bits per heavy atom. The molecule has 0 saturated carbocycles. The average Bonchev–Trinajstić information content (AvgIpc) is 3.80. The van der Waals surface area contributed by atoms with Crippen LogP contribution >= 0.6 is 0 Å². The molecule has 4 heterocycles. The molecule has 0 amide bonds. The van der Waals surface area contributed by atoms with Crippen LogP contribution in [-0.2, 0) is 5.41 Å². The van der Waals surface area contributed by atoms with Gasteiger partial charge in [-0.3, -0.25) is 13.7 Å². The van der Waals surface area contributed by atoms with Crippen LogP contribution in [0.1, 0.15) is 26.5 Å². The maximum atomic E-state index is 6.70. The Balaban J connectivity index is 1.05. The number of hydrogen-bond acceptors (Lipinski definition) is 3. The fourth-order valence-corrected chi connectivity index (χ4v) is 8.47. The van der Waals surface area contributed by atoms with Gasteiger partial charge in [-0.2, -0.15) is 0 Å². The minimum absolute atomic E-state index is 0.117. The van der Waals surface area contributed by atoms with Gasteiger partial charge in [0.1, 0.15) is 11.5 Å². The van der Waals surface area contributed by atoms with Crippen LogP contribution < -0.4 is 9.30 Å². The third-order valence-corrected chi connectivity index (χ3v) is 11.1. The molecule has 7 aromatic carbocycles. The summed E-state index contributed by atoms with van der Waals surface area (Å²) in [5.41, 5.74) is 14.1. The van der Waals surface area contributed by atoms with E-state index in [0.29, 0.717) is 5.95 Å². The minimum Gasteiger partial charge on any atom is -0.458 e. The van der Waals surface area contributed by atoms with Crippen molar-refractivity contribution in [2.24, 2.45) is 0 Å². The molecule has 0 bridgehead atoms. The van der Waals surface area contributed by atoms with Crippen LogP contribution in [0.25, 0.3) is 83.5 Å². The molecular weight excluding hydrogens is 699 g/mol. The first-order valence-corrected chi connectivity index (χ1v) is 19.3. The summed E-state index contributed by atoms with van der Waals surface area (Å²) >= 11 is 0. The lowest BCUT2D eigenvalue weighted by atomic mass is 9.89. The van der Waals surface area contributed by atoms with E-state index in [4.69, 9.17) is 14.7 Å². The molecule has 0 saturated heterocycles. The number of fused-ring (bicyclic) bond motifs is 10. The van der Waals surface area contributed by atoms with E-state index in [9.17, 15) is 0 Å². The predicted molar refractivity (Wildman–Crippen MR) is 229 cm³/mol. The predicted octanol–water partition coefficient (Wildman–Crippen LogP) is 12.0. The van der Waals surface area contributed by atoms with Gasteiger partial charge in [0.25, 0.3) is 6.33 Å². The van der Waals surface area contributed by atoms with Crippen LogP contribution in [0, 0.1) is 6.33 Å². The summed E-state index contributed by atoms with van der Waals surface area (Å²) in [6.45, 7) is 6.52. The van der Waals surface area contributed by atoms with Crippen molar-refractivity contribution in [3.8, 4) is 62.2 Å². The van der Waals surface area contributed by atoms with Crippen molar-refractivity contribution in [3.63, 3.8) is 0 Å². The second kappa shape index (κ2) is 12.6. The topological polar surface area (TPSA) is 48.8 Å². The second-order valence-corrected chi connectivity index (χ2v) is 15.7. The highest BCUT2D eigenvalue weighted by Crippen LogP contribution is 2.43. The van der Waals surface area contributed by atoms with Gasteiger partial charge in [0.05, 0.1) is 39.1 Å². The summed E-state index contributed by atoms with van der Waals surface area (Å²) in [6.07, 6.45) is 5.65. The first-order chi connectivity index (χ1) is 27.9. The molecule has 0 spiro atoms. The Hall–Kier alpha value is -7.31. The molecule has 0 radical (unpaired) electrons. The standard InChI is InChI=1S/C51H37N5O/c1-51(2,3)48-28-29-52-50(53-48)56-45-24-11-9-21-41(45)42-27-26-35(31-47(42)56)57-34-15-12-14-33(30-34)54-32-55-44-23-10-8-20-40(44)38-18-6-4-16-36(38)37-17-5-7-19-39(37)43-22-13-25-46(54)49(43)55/h4-31H,1-3H3. The van der Waals surface area contributed by atoms with Crippen molar-refractivity contribution in [1.82, 2.24) is 19.1 Å². The second-order valence-electron chi connectivity index (χ2n) is 15.7. The number of nitrogens with zero attached hydrogens (tertiary/aromatic N) is 5. The van der Waals surface area contributed by atoms with Crippen molar-refractivity contribution >= 4 is 32.8 Å². The minimum atomic E-state index is -0.117. The third kappa shape index (κ3) is 5.29. The van der Waals surface area contributed by atoms with Gasteiger partial charge in [-0.1, -0.05) is 130 Å². The van der Waals surface area contributed by atoms with Gasteiger partial charge in [-0.05, 0) is 81.9 Å². The first-order valence-electron chi connectivity index (χ1n) is 19.3. The fourth-order valence-electron chi connectivity index (χ4n) is 8.47. The van der Waals surface area contributed by atoms with E-state index in [1.54, 1.807) is 0 Å². The zero-order valence-corrected chi connectivity index (χ0v) is 31.8. The van der Waals surface area contributed by atoms with Gasteiger partial charge in [0.15, 0.2) is 0 Å². The summed E-state index contributed by atoms with van der Waals surface area (Å²) in [5.74, 6) is 2.09. The van der Waals surface area contributed by atoms with Crippen molar-refractivity contribution in [2.45, 2.75) is 26.2 Å². The molecule has 3 aromatic heterocycles. The van der Waals surface area contributed by atoms with E-state index in [2.05, 4.69) is 180 Å². The molecule has 6 heteroatoms. The normalized spacial score (nSPS) is 12.1. The lowest BCUT2D eigenvalue weighted by molar-refractivity contribution is -0.571. The van der Waals surface area contributed by atoms with E-state index >= 15 is 0 Å². The SMILES string of the molecule is CC(C)(C)c1ccnc(-n2c3ccccc3c3ccc(Oc4cccc(-n5[c-][n+]6c7c(cccc75)-c5ccccc5-c5ccccc5-c5ccccc5-6)c4)cc32)n1. The van der Waals surface area contributed by atoms with Crippen molar-refractivity contribution in [3.05, 3.63) is 182 Å².